The monoisotopic (exact) mass is 738 g/mol. The molecule has 0 radical (unpaired) electrons. The molecule has 10 nitrogen and oxygen atoms in total. The third kappa shape index (κ3) is 5.35. The van der Waals surface area contributed by atoms with Crippen LogP contribution in [0.1, 0.15) is 65.4 Å². The van der Waals surface area contributed by atoms with Crippen molar-refractivity contribution in [3.63, 3.8) is 0 Å². The minimum absolute atomic E-state index is 0.00836. The molecule has 2 aromatic carbocycles. The lowest BCUT2D eigenvalue weighted by Gasteiger charge is -2.48. The second-order valence-electron chi connectivity index (χ2n) is 16.2. The normalized spacial score (nSPS) is 26.8. The summed E-state index contributed by atoms with van der Waals surface area (Å²) in [7, 11) is 0. The van der Waals surface area contributed by atoms with Gasteiger partial charge in [0.2, 0.25) is 5.88 Å². The average molecular weight is 739 g/mol. The van der Waals surface area contributed by atoms with Crippen LogP contribution in [0.15, 0.2) is 42.2 Å². The summed E-state index contributed by atoms with van der Waals surface area (Å²) in [6.45, 7) is 9.36. The fourth-order valence-corrected chi connectivity index (χ4v) is 9.61. The third-order valence-corrected chi connectivity index (χ3v) is 11.8. The molecular formula is C41H41F3N6O4. The van der Waals surface area contributed by atoms with Gasteiger partial charge in [0.1, 0.15) is 46.5 Å². The Labute approximate surface area is 311 Å². The molecule has 5 aliphatic rings. The molecular weight excluding hydrogens is 697 g/mol. The fourth-order valence-electron chi connectivity index (χ4n) is 9.61. The number of terminal acetylenes is 1. The first-order chi connectivity index (χ1) is 25.9. The van der Waals surface area contributed by atoms with Gasteiger partial charge >= 0.3 is 12.1 Å². The molecule has 1 unspecified atom stereocenters. The smallest absolute Gasteiger partial charge is 0.410 e. The van der Waals surface area contributed by atoms with Crippen molar-refractivity contribution in [2.45, 2.75) is 95.2 Å². The molecule has 5 atom stereocenters. The van der Waals surface area contributed by atoms with Gasteiger partial charge in [-0.25, -0.2) is 22.9 Å². The number of nitrogens with zero attached hydrogens (tertiary/aromatic N) is 6. The minimum Gasteiger partial charge on any atom is -0.472 e. The van der Waals surface area contributed by atoms with E-state index in [0.717, 1.165) is 25.8 Å². The van der Waals surface area contributed by atoms with Crippen molar-refractivity contribution in [1.29, 1.82) is 0 Å². The maximum Gasteiger partial charge on any atom is 0.410 e. The number of benzene rings is 2. The Hall–Kier alpha value is -5.09. The zero-order valence-electron chi connectivity index (χ0n) is 30.7. The molecule has 54 heavy (non-hydrogen) atoms. The lowest BCUT2D eigenvalue weighted by molar-refractivity contribution is 0.000936. The van der Waals surface area contributed by atoms with Crippen molar-refractivity contribution in [3.05, 3.63) is 59.4 Å². The van der Waals surface area contributed by atoms with Gasteiger partial charge in [-0.2, -0.15) is 9.97 Å². The van der Waals surface area contributed by atoms with E-state index in [1.165, 1.54) is 6.07 Å². The Morgan fingerprint density at radius 3 is 2.76 bits per heavy atom. The summed E-state index contributed by atoms with van der Waals surface area (Å²) in [5, 5.41) is 1.23. The summed E-state index contributed by atoms with van der Waals surface area (Å²) in [6, 6.07) is 7.12. The molecule has 2 aromatic heterocycles. The Balaban J connectivity index is 1.21. The number of carbonyl (C=O) groups is 1. The van der Waals surface area contributed by atoms with Gasteiger partial charge in [0.05, 0.1) is 35.6 Å². The number of halogens is 3. The zero-order valence-corrected chi connectivity index (χ0v) is 30.7. The van der Waals surface area contributed by atoms with Gasteiger partial charge in [-0.05, 0) is 83.4 Å². The molecule has 0 spiro atoms. The summed E-state index contributed by atoms with van der Waals surface area (Å²) in [5.41, 5.74) is -0.309. The van der Waals surface area contributed by atoms with Gasteiger partial charge in [-0.1, -0.05) is 30.2 Å². The van der Waals surface area contributed by atoms with Gasteiger partial charge in [0.25, 0.3) is 0 Å². The topological polar surface area (TPSA) is 93.2 Å². The van der Waals surface area contributed by atoms with Crippen LogP contribution in [0.4, 0.5) is 23.8 Å². The lowest BCUT2D eigenvalue weighted by atomic mass is 9.94. The van der Waals surface area contributed by atoms with E-state index in [9.17, 15) is 9.18 Å². The number of rotatable bonds is 4. The van der Waals surface area contributed by atoms with Crippen molar-refractivity contribution in [2.24, 2.45) is 0 Å². The number of fused-ring (bicyclic) bond motifs is 7. The first-order valence-corrected chi connectivity index (χ1v) is 18.6. The Bertz CT molecular complexity index is 2310. The highest BCUT2D eigenvalue weighted by atomic mass is 19.1. The molecule has 4 fully saturated rings. The van der Waals surface area contributed by atoms with Crippen LogP contribution in [0.5, 0.6) is 11.9 Å². The van der Waals surface area contributed by atoms with Crippen LogP contribution in [-0.2, 0) is 4.74 Å². The molecule has 0 aliphatic carbocycles. The van der Waals surface area contributed by atoms with E-state index < -0.39 is 41.0 Å². The van der Waals surface area contributed by atoms with Gasteiger partial charge in [0.15, 0.2) is 5.82 Å². The van der Waals surface area contributed by atoms with Gasteiger partial charge in [0, 0.05) is 24.0 Å². The second-order valence-corrected chi connectivity index (χ2v) is 16.2. The van der Waals surface area contributed by atoms with Crippen LogP contribution in [0.2, 0.25) is 0 Å². The van der Waals surface area contributed by atoms with Crippen LogP contribution >= 0.6 is 0 Å². The predicted octanol–water partition coefficient (Wildman–Crippen LogP) is 7.31. The Kier molecular flexibility index (Phi) is 8.01. The summed E-state index contributed by atoms with van der Waals surface area (Å²) >= 11 is 0. The van der Waals surface area contributed by atoms with Crippen LogP contribution in [-0.4, -0.2) is 92.5 Å². The van der Waals surface area contributed by atoms with Crippen LogP contribution < -0.4 is 14.4 Å². The largest absolute Gasteiger partial charge is 0.472 e. The maximum absolute atomic E-state index is 17.4. The first-order valence-electron chi connectivity index (χ1n) is 18.6. The van der Waals surface area contributed by atoms with Crippen LogP contribution in [0.3, 0.4) is 0 Å². The number of hydrogen-bond donors (Lipinski definition) is 0. The van der Waals surface area contributed by atoms with Crippen molar-refractivity contribution in [1.82, 2.24) is 24.8 Å². The van der Waals surface area contributed by atoms with Crippen molar-refractivity contribution < 1.29 is 32.2 Å². The highest BCUT2D eigenvalue weighted by Crippen LogP contribution is 2.48. The van der Waals surface area contributed by atoms with Crippen LogP contribution in [0, 0.1) is 24.0 Å². The average Bonchev–Trinajstić information content (AvgIpc) is 3.77. The first kappa shape index (κ1) is 34.7. The minimum atomic E-state index is -0.767. The number of anilines is 1. The van der Waals surface area contributed by atoms with Crippen LogP contribution in [0.25, 0.3) is 32.9 Å². The molecule has 2 bridgehead atoms. The molecule has 13 heteroatoms. The fraction of sp³-hybridized carbons (Fsp3) is 0.463. The molecule has 4 saturated heterocycles. The molecule has 1 amide bonds. The Morgan fingerprint density at radius 2 is 1.98 bits per heavy atom. The highest BCUT2D eigenvalue weighted by molar-refractivity contribution is 6.03. The lowest BCUT2D eigenvalue weighted by Crippen LogP contribution is -2.65. The van der Waals surface area contributed by atoms with E-state index in [0.29, 0.717) is 54.4 Å². The number of ether oxygens (including phenoxy) is 3. The van der Waals surface area contributed by atoms with E-state index >= 15 is 8.78 Å². The van der Waals surface area contributed by atoms with E-state index in [-0.39, 0.29) is 58.3 Å². The number of hydrogen-bond acceptors (Lipinski definition) is 9. The predicted molar refractivity (Wildman–Crippen MR) is 197 cm³/mol. The SMILES string of the molecule is C#Cc1c(F)ccc2cccc(-c3nc4c5c(nc(OCC67CCCN6C/C(=C/F)C7)nc5c3F)N3C[C@H]5CC[C@@H]([C@H]3[C@@H](C)O4)N5C(=O)OC(C)(C)C)c12. The van der Waals surface area contributed by atoms with E-state index in [4.69, 9.17) is 35.6 Å². The summed E-state index contributed by atoms with van der Waals surface area (Å²) < 4.78 is 65.2. The molecule has 280 valence electrons. The van der Waals surface area contributed by atoms with Crippen molar-refractivity contribution in [2.75, 3.05) is 31.1 Å². The molecule has 9 rings (SSSR count). The zero-order chi connectivity index (χ0) is 37.7. The van der Waals surface area contributed by atoms with Gasteiger partial charge in [-0.3, -0.25) is 9.80 Å². The molecule has 5 aliphatic heterocycles. The van der Waals surface area contributed by atoms with Crippen molar-refractivity contribution >= 4 is 33.6 Å². The van der Waals surface area contributed by atoms with Gasteiger partial charge in [-0.15, -0.1) is 6.42 Å². The number of piperazine rings is 1. The van der Waals surface area contributed by atoms with Gasteiger partial charge < -0.3 is 19.1 Å². The summed E-state index contributed by atoms with van der Waals surface area (Å²) in [6.07, 6.45) is 9.29. The standard InChI is InChI=1S/C41H41F3N6O4/c1-6-26-28(43)13-11-24-9-7-10-27(30(24)26)33-32(44)34-31-36(47-38(46-34)52-21-41-15-8-16-48(41)19-23(17-41)18-42)49-20-25-12-14-29(35(49)22(2)53-37(31)45-33)50(25)39(51)54-40(3,4)5/h1,7,9-11,13,18,22,25,29,35H,8,12,14-17,19-21H2,2-5H3/b23-18+/t22-,25-,29+,35-,41?/m1/s1. The molecule has 0 saturated carbocycles. The molecule has 4 aromatic rings. The van der Waals surface area contributed by atoms with E-state index in [1.54, 1.807) is 24.3 Å². The number of carbonyl (C=O) groups excluding carboxylic acids is 1. The summed E-state index contributed by atoms with van der Waals surface area (Å²) in [5.74, 6) is 1.56. The van der Waals surface area contributed by atoms with E-state index in [1.807, 2.05) is 32.6 Å². The van der Waals surface area contributed by atoms with E-state index in [2.05, 4.69) is 15.7 Å². The number of pyridine rings is 1. The number of aromatic nitrogens is 3. The second kappa shape index (κ2) is 12.5. The quantitative estimate of drug-likeness (QED) is 0.200. The third-order valence-electron chi connectivity index (χ3n) is 11.8. The Morgan fingerprint density at radius 1 is 1.15 bits per heavy atom. The molecule has 0 N–H and O–H groups in total. The number of amides is 1. The highest BCUT2D eigenvalue weighted by Gasteiger charge is 2.54. The maximum atomic E-state index is 17.4. The molecule has 7 heterocycles. The van der Waals surface area contributed by atoms with Crippen molar-refractivity contribution in [3.8, 4) is 35.5 Å². The summed E-state index contributed by atoms with van der Waals surface area (Å²) in [4.78, 5) is 34.3.